The minimum atomic E-state index is -0.348. The molecule has 1 aromatic heterocycles. The van der Waals surface area contributed by atoms with E-state index in [0.717, 1.165) is 5.69 Å². The van der Waals surface area contributed by atoms with Crippen LogP contribution in [-0.2, 0) is 9.31 Å². The second-order valence-electron chi connectivity index (χ2n) is 5.54. The summed E-state index contributed by atoms with van der Waals surface area (Å²) in [4.78, 5) is 8.46. The molecule has 1 aliphatic heterocycles. The van der Waals surface area contributed by atoms with Gasteiger partial charge in [0.2, 0.25) is 0 Å². The molecule has 96 valence electrons. The lowest BCUT2D eigenvalue weighted by Crippen LogP contribution is -2.41. The summed E-state index contributed by atoms with van der Waals surface area (Å²) in [5.41, 5.74) is 0.323. The number of aromatic nitrogens is 2. The Morgan fingerprint density at radius 3 is 2.33 bits per heavy atom. The van der Waals surface area contributed by atoms with Gasteiger partial charge in [0, 0.05) is 11.9 Å². The summed E-state index contributed by atoms with van der Waals surface area (Å²) in [5, 5.41) is 0. The largest absolute Gasteiger partial charge is 0.487 e. The van der Waals surface area contributed by atoms with Gasteiger partial charge in [-0.25, -0.2) is 9.97 Å². The predicted octanol–water partition coefficient (Wildman–Crippen LogP) is 2.43. The van der Waals surface area contributed by atoms with Gasteiger partial charge in [-0.05, 0) is 46.8 Å². The Morgan fingerprint density at radius 2 is 1.78 bits per heavy atom. The fraction of sp³-hybridized carbons (Fsp3) is 0.538. The van der Waals surface area contributed by atoms with Crippen LogP contribution in [0.3, 0.4) is 0 Å². The first-order valence-corrected chi connectivity index (χ1v) is 6.14. The van der Waals surface area contributed by atoms with E-state index in [0.29, 0.717) is 5.82 Å². The van der Waals surface area contributed by atoms with Crippen LogP contribution in [0.2, 0.25) is 0 Å². The smallest absolute Gasteiger partial charge is 0.400 e. The van der Waals surface area contributed by atoms with E-state index in [2.05, 4.69) is 9.97 Å². The number of rotatable bonds is 2. The average Bonchev–Trinajstić information content (AvgIpc) is 2.45. The van der Waals surface area contributed by atoms with E-state index in [-0.39, 0.29) is 18.3 Å². The van der Waals surface area contributed by atoms with Gasteiger partial charge in [0.15, 0.2) is 5.82 Å². The zero-order valence-corrected chi connectivity index (χ0v) is 11.6. The quantitative estimate of drug-likeness (QED) is 0.751. The van der Waals surface area contributed by atoms with Crippen LogP contribution in [0.15, 0.2) is 18.2 Å². The standard InChI is InChI=1S/C13H19BN2O2/c1-10-7-9-15-11(16-10)6-8-14-17-12(2,3)13(4,5)18-14/h6-9H,1-5H3/b8-6+. The number of nitrogens with zero attached hydrogens (tertiary/aromatic N) is 2. The van der Waals surface area contributed by atoms with Gasteiger partial charge >= 0.3 is 7.12 Å². The highest BCUT2D eigenvalue weighted by molar-refractivity contribution is 6.52. The lowest BCUT2D eigenvalue weighted by atomic mass is 9.90. The third-order valence-corrected chi connectivity index (χ3v) is 3.49. The highest BCUT2D eigenvalue weighted by Crippen LogP contribution is 2.36. The van der Waals surface area contributed by atoms with Gasteiger partial charge < -0.3 is 9.31 Å². The lowest BCUT2D eigenvalue weighted by Gasteiger charge is -2.32. The molecule has 5 heteroatoms. The van der Waals surface area contributed by atoms with Gasteiger partial charge in [-0.15, -0.1) is 0 Å². The zero-order chi connectivity index (χ0) is 13.4. The van der Waals surface area contributed by atoms with Crippen molar-refractivity contribution in [2.45, 2.75) is 45.8 Å². The summed E-state index contributed by atoms with van der Waals surface area (Å²) in [5.74, 6) is 2.52. The van der Waals surface area contributed by atoms with Crippen LogP contribution in [0.4, 0.5) is 0 Å². The molecule has 0 bridgehead atoms. The van der Waals surface area contributed by atoms with E-state index in [1.54, 1.807) is 6.20 Å². The molecule has 1 aliphatic rings. The molecule has 2 rings (SSSR count). The first-order chi connectivity index (χ1) is 8.30. The van der Waals surface area contributed by atoms with Crippen molar-refractivity contribution in [2.75, 3.05) is 0 Å². The van der Waals surface area contributed by atoms with Gasteiger partial charge in [-0.1, -0.05) is 5.98 Å². The molecule has 1 aromatic rings. The maximum Gasteiger partial charge on any atom is 0.487 e. The summed E-state index contributed by atoms with van der Waals surface area (Å²) in [6, 6.07) is 1.87. The summed E-state index contributed by atoms with van der Waals surface area (Å²) in [6.45, 7) is 10.1. The van der Waals surface area contributed by atoms with Crippen molar-refractivity contribution in [1.29, 1.82) is 0 Å². The van der Waals surface area contributed by atoms with Crippen molar-refractivity contribution in [3.63, 3.8) is 0 Å². The van der Waals surface area contributed by atoms with Gasteiger partial charge in [-0.2, -0.15) is 0 Å². The molecule has 1 saturated heterocycles. The molecule has 1 fully saturated rings. The molecule has 18 heavy (non-hydrogen) atoms. The van der Waals surface area contributed by atoms with Crippen molar-refractivity contribution in [2.24, 2.45) is 0 Å². The van der Waals surface area contributed by atoms with Crippen LogP contribution in [0.25, 0.3) is 6.08 Å². The minimum Gasteiger partial charge on any atom is -0.400 e. The van der Waals surface area contributed by atoms with Gasteiger partial charge in [0.25, 0.3) is 0 Å². The Bertz CT molecular complexity index is 456. The fourth-order valence-electron chi connectivity index (χ4n) is 1.68. The minimum absolute atomic E-state index is 0.310. The van der Waals surface area contributed by atoms with Gasteiger partial charge in [0.05, 0.1) is 11.2 Å². The molecule has 0 aliphatic carbocycles. The summed E-state index contributed by atoms with van der Waals surface area (Å²) >= 11 is 0. The first kappa shape index (κ1) is 13.2. The van der Waals surface area contributed by atoms with Gasteiger partial charge in [-0.3, -0.25) is 0 Å². The van der Waals surface area contributed by atoms with Crippen molar-refractivity contribution in [1.82, 2.24) is 9.97 Å². The van der Waals surface area contributed by atoms with Crippen LogP contribution in [0.5, 0.6) is 0 Å². The molecule has 0 saturated carbocycles. The second-order valence-corrected chi connectivity index (χ2v) is 5.54. The molecule has 0 radical (unpaired) electrons. The highest BCUT2D eigenvalue weighted by atomic mass is 16.7. The van der Waals surface area contributed by atoms with Crippen LogP contribution in [0.1, 0.15) is 39.2 Å². The number of aryl methyl sites for hydroxylation is 1. The molecule has 4 nitrogen and oxygen atoms in total. The SMILES string of the molecule is Cc1ccnc(/C=C/B2OC(C)(C)C(C)(C)O2)n1. The van der Waals surface area contributed by atoms with E-state index in [1.807, 2.05) is 52.7 Å². The van der Waals surface area contributed by atoms with Crippen molar-refractivity contribution in [3.05, 3.63) is 29.8 Å². The molecule has 0 spiro atoms. The van der Waals surface area contributed by atoms with Crippen LogP contribution >= 0.6 is 0 Å². The Hall–Kier alpha value is -1.20. The molecular weight excluding hydrogens is 227 g/mol. The molecule has 0 amide bonds. The number of hydrogen-bond acceptors (Lipinski definition) is 4. The van der Waals surface area contributed by atoms with E-state index in [4.69, 9.17) is 9.31 Å². The van der Waals surface area contributed by atoms with E-state index in [1.165, 1.54) is 0 Å². The summed E-state index contributed by atoms with van der Waals surface area (Å²) in [6.07, 6.45) is 3.57. The third-order valence-electron chi connectivity index (χ3n) is 3.49. The third kappa shape index (κ3) is 2.62. The molecule has 2 heterocycles. The fourth-order valence-corrected chi connectivity index (χ4v) is 1.68. The topological polar surface area (TPSA) is 44.2 Å². The highest BCUT2D eigenvalue weighted by Gasteiger charge is 2.49. The molecule has 0 atom stereocenters. The van der Waals surface area contributed by atoms with Crippen LogP contribution in [0, 0.1) is 6.92 Å². The molecule has 0 aromatic carbocycles. The average molecular weight is 246 g/mol. The maximum absolute atomic E-state index is 5.85. The van der Waals surface area contributed by atoms with Crippen LogP contribution < -0.4 is 0 Å². The van der Waals surface area contributed by atoms with E-state index in [9.17, 15) is 0 Å². The van der Waals surface area contributed by atoms with Gasteiger partial charge in [0.1, 0.15) is 0 Å². The van der Waals surface area contributed by atoms with Crippen molar-refractivity contribution < 1.29 is 9.31 Å². The first-order valence-electron chi connectivity index (χ1n) is 6.14. The Kier molecular flexibility index (Phi) is 3.30. The van der Waals surface area contributed by atoms with Crippen molar-refractivity contribution >= 4 is 13.2 Å². The Labute approximate surface area is 109 Å². The zero-order valence-electron chi connectivity index (χ0n) is 11.6. The molecule has 0 N–H and O–H groups in total. The van der Waals surface area contributed by atoms with Crippen molar-refractivity contribution in [3.8, 4) is 0 Å². The summed E-state index contributed by atoms with van der Waals surface area (Å²) < 4.78 is 11.7. The molecular formula is C13H19BN2O2. The summed E-state index contributed by atoms with van der Waals surface area (Å²) in [7, 11) is -0.348. The monoisotopic (exact) mass is 246 g/mol. The van der Waals surface area contributed by atoms with Crippen LogP contribution in [-0.4, -0.2) is 28.3 Å². The Morgan fingerprint density at radius 1 is 1.17 bits per heavy atom. The normalized spacial score (nSPS) is 21.7. The second kappa shape index (κ2) is 4.48. The van der Waals surface area contributed by atoms with E-state index >= 15 is 0 Å². The Balaban J connectivity index is 2.08. The molecule has 0 unspecified atom stereocenters. The van der Waals surface area contributed by atoms with E-state index < -0.39 is 0 Å². The number of hydrogen-bond donors (Lipinski definition) is 0. The maximum atomic E-state index is 5.85. The predicted molar refractivity (Wildman–Crippen MR) is 71.9 cm³/mol. The lowest BCUT2D eigenvalue weighted by molar-refractivity contribution is 0.00578.